The fraction of sp³-hybridized carbons (Fsp3) is 0.471. The summed E-state index contributed by atoms with van der Waals surface area (Å²) in [7, 11) is 0. The van der Waals surface area contributed by atoms with E-state index in [1.807, 2.05) is 25.1 Å². The zero-order valence-corrected chi connectivity index (χ0v) is 12.3. The number of hydrogen-bond acceptors (Lipinski definition) is 2. The summed E-state index contributed by atoms with van der Waals surface area (Å²) < 4.78 is 5.85. The molecule has 1 aromatic carbocycles. The van der Waals surface area contributed by atoms with Gasteiger partial charge in [-0.3, -0.25) is 4.79 Å². The van der Waals surface area contributed by atoms with E-state index in [0.29, 0.717) is 12.3 Å². The molecule has 0 saturated carbocycles. The molecule has 2 heterocycles. The third kappa shape index (κ3) is 2.01. The van der Waals surface area contributed by atoms with Crippen molar-refractivity contribution in [3.8, 4) is 0 Å². The summed E-state index contributed by atoms with van der Waals surface area (Å²) in [6.45, 7) is 6.38. The van der Waals surface area contributed by atoms with Gasteiger partial charge in [-0.05, 0) is 31.7 Å². The molecule has 1 atom stereocenters. The number of rotatable bonds is 3. The molecule has 0 spiro atoms. The lowest BCUT2D eigenvalue weighted by atomic mass is 9.79. The van der Waals surface area contributed by atoms with Crippen molar-refractivity contribution in [3.05, 3.63) is 35.6 Å². The third-order valence-electron chi connectivity index (χ3n) is 4.68. The molecule has 1 aromatic heterocycles. The maximum atomic E-state index is 11.7. The molecule has 1 saturated heterocycles. The maximum Gasteiger partial charge on any atom is 0.220 e. The number of furan rings is 1. The van der Waals surface area contributed by atoms with Crippen LogP contribution in [0.2, 0.25) is 0 Å². The number of aryl methyl sites for hydroxylation is 1. The van der Waals surface area contributed by atoms with Crippen molar-refractivity contribution in [2.45, 2.75) is 45.6 Å². The van der Waals surface area contributed by atoms with Crippen molar-refractivity contribution in [2.75, 3.05) is 0 Å². The quantitative estimate of drug-likeness (QED) is 0.927. The van der Waals surface area contributed by atoms with Gasteiger partial charge in [-0.15, -0.1) is 0 Å². The average Bonchev–Trinajstić information content (AvgIpc) is 2.93. The number of fused-ring (bicyclic) bond motifs is 1. The van der Waals surface area contributed by atoms with Crippen molar-refractivity contribution in [1.29, 1.82) is 0 Å². The van der Waals surface area contributed by atoms with Crippen LogP contribution in [0.5, 0.6) is 0 Å². The summed E-state index contributed by atoms with van der Waals surface area (Å²) in [6.07, 6.45) is 2.38. The largest absolute Gasteiger partial charge is 0.461 e. The zero-order chi connectivity index (χ0) is 14.3. The normalized spacial score (nSPS) is 22.7. The molecule has 2 aromatic rings. The Morgan fingerprint density at radius 2 is 2.10 bits per heavy atom. The lowest BCUT2D eigenvalue weighted by molar-refractivity contribution is -0.120. The van der Waals surface area contributed by atoms with Gasteiger partial charge in [0.25, 0.3) is 0 Å². The molecule has 1 aliphatic rings. The van der Waals surface area contributed by atoms with E-state index in [4.69, 9.17) is 4.42 Å². The summed E-state index contributed by atoms with van der Waals surface area (Å²) in [5.41, 5.74) is 2.04. The highest BCUT2D eigenvalue weighted by atomic mass is 16.3. The summed E-state index contributed by atoms with van der Waals surface area (Å²) in [4.78, 5) is 11.7. The van der Waals surface area contributed by atoms with Gasteiger partial charge < -0.3 is 9.73 Å². The van der Waals surface area contributed by atoms with E-state index >= 15 is 0 Å². The molecule has 1 aliphatic heterocycles. The first-order valence-electron chi connectivity index (χ1n) is 7.30. The second-order valence-electron chi connectivity index (χ2n) is 6.17. The molecular weight excluding hydrogens is 250 g/mol. The standard InChI is InChI=1S/C17H21NO2/c1-11(2)17(9-8-16(19)18-17)10-14-12(3)20-15-7-5-4-6-13(14)15/h4-7,11H,8-10H2,1-3H3,(H,18,19). The number of para-hydroxylation sites is 1. The zero-order valence-electron chi connectivity index (χ0n) is 12.3. The van der Waals surface area contributed by atoms with Gasteiger partial charge in [0.2, 0.25) is 5.91 Å². The van der Waals surface area contributed by atoms with Crippen LogP contribution in [0.3, 0.4) is 0 Å². The topological polar surface area (TPSA) is 42.2 Å². The number of nitrogens with one attached hydrogen (secondary N) is 1. The lowest BCUT2D eigenvalue weighted by Crippen LogP contribution is -2.48. The molecule has 1 N–H and O–H groups in total. The summed E-state index contributed by atoms with van der Waals surface area (Å²) in [6, 6.07) is 8.13. The van der Waals surface area contributed by atoms with Gasteiger partial charge >= 0.3 is 0 Å². The Balaban J connectivity index is 2.03. The van der Waals surface area contributed by atoms with Gasteiger partial charge in [-0.2, -0.15) is 0 Å². The van der Waals surface area contributed by atoms with Gasteiger partial charge in [-0.25, -0.2) is 0 Å². The van der Waals surface area contributed by atoms with Gasteiger partial charge in [0, 0.05) is 22.9 Å². The highest BCUT2D eigenvalue weighted by Crippen LogP contribution is 2.36. The Labute approximate surface area is 119 Å². The van der Waals surface area contributed by atoms with Crippen LogP contribution in [0, 0.1) is 12.8 Å². The first-order chi connectivity index (χ1) is 9.52. The minimum atomic E-state index is -0.130. The highest BCUT2D eigenvalue weighted by molar-refractivity contribution is 5.83. The fourth-order valence-electron chi connectivity index (χ4n) is 3.27. The van der Waals surface area contributed by atoms with E-state index in [-0.39, 0.29) is 11.4 Å². The Morgan fingerprint density at radius 1 is 1.35 bits per heavy atom. The van der Waals surface area contributed by atoms with Crippen LogP contribution in [-0.4, -0.2) is 11.4 Å². The monoisotopic (exact) mass is 271 g/mol. The minimum Gasteiger partial charge on any atom is -0.461 e. The first-order valence-corrected chi connectivity index (χ1v) is 7.30. The predicted molar refractivity (Wildman–Crippen MR) is 79.6 cm³/mol. The summed E-state index contributed by atoms with van der Waals surface area (Å²) >= 11 is 0. The average molecular weight is 271 g/mol. The molecule has 0 aliphatic carbocycles. The maximum absolute atomic E-state index is 11.7. The van der Waals surface area contributed by atoms with E-state index in [1.54, 1.807) is 0 Å². The van der Waals surface area contributed by atoms with Crippen molar-refractivity contribution in [1.82, 2.24) is 5.32 Å². The Hall–Kier alpha value is -1.77. The van der Waals surface area contributed by atoms with E-state index in [2.05, 4.69) is 25.2 Å². The van der Waals surface area contributed by atoms with Crippen molar-refractivity contribution >= 4 is 16.9 Å². The van der Waals surface area contributed by atoms with Gasteiger partial charge in [0.05, 0.1) is 0 Å². The van der Waals surface area contributed by atoms with E-state index in [0.717, 1.165) is 24.2 Å². The molecule has 106 valence electrons. The van der Waals surface area contributed by atoms with Crippen LogP contribution in [-0.2, 0) is 11.2 Å². The van der Waals surface area contributed by atoms with Crippen molar-refractivity contribution in [2.24, 2.45) is 5.92 Å². The summed E-state index contributed by atoms with van der Waals surface area (Å²) in [5, 5.41) is 4.39. The molecule has 0 bridgehead atoms. The number of carbonyl (C=O) groups is 1. The van der Waals surface area contributed by atoms with E-state index in [1.165, 1.54) is 10.9 Å². The number of benzene rings is 1. The number of amides is 1. The number of carbonyl (C=O) groups excluding carboxylic acids is 1. The Bertz CT molecular complexity index is 656. The molecule has 3 nitrogen and oxygen atoms in total. The SMILES string of the molecule is Cc1oc2ccccc2c1CC1(C(C)C)CCC(=O)N1. The molecular formula is C17H21NO2. The molecule has 1 amide bonds. The molecule has 3 heteroatoms. The minimum absolute atomic E-state index is 0.130. The smallest absolute Gasteiger partial charge is 0.220 e. The van der Waals surface area contributed by atoms with Crippen molar-refractivity contribution < 1.29 is 9.21 Å². The second kappa shape index (κ2) is 4.65. The Morgan fingerprint density at radius 3 is 2.75 bits per heavy atom. The number of hydrogen-bond donors (Lipinski definition) is 1. The van der Waals surface area contributed by atoms with Gasteiger partial charge in [0.1, 0.15) is 11.3 Å². The third-order valence-corrected chi connectivity index (χ3v) is 4.68. The molecule has 1 fully saturated rings. The van der Waals surface area contributed by atoms with E-state index in [9.17, 15) is 4.79 Å². The first kappa shape index (κ1) is 13.2. The molecule has 0 radical (unpaired) electrons. The van der Waals surface area contributed by atoms with Crippen LogP contribution < -0.4 is 5.32 Å². The molecule has 1 unspecified atom stereocenters. The highest BCUT2D eigenvalue weighted by Gasteiger charge is 2.41. The molecule has 3 rings (SSSR count). The predicted octanol–water partition coefficient (Wildman–Crippen LogP) is 3.59. The Kier molecular flexibility index (Phi) is 3.08. The van der Waals surface area contributed by atoms with Crippen molar-refractivity contribution in [3.63, 3.8) is 0 Å². The van der Waals surface area contributed by atoms with E-state index < -0.39 is 0 Å². The van der Waals surface area contributed by atoms with Gasteiger partial charge in [-0.1, -0.05) is 32.0 Å². The van der Waals surface area contributed by atoms with Crippen LogP contribution >= 0.6 is 0 Å². The molecule has 20 heavy (non-hydrogen) atoms. The van der Waals surface area contributed by atoms with Crippen LogP contribution in [0.25, 0.3) is 11.0 Å². The second-order valence-corrected chi connectivity index (χ2v) is 6.17. The van der Waals surface area contributed by atoms with Gasteiger partial charge in [0.15, 0.2) is 0 Å². The van der Waals surface area contributed by atoms with Crippen LogP contribution in [0.1, 0.15) is 38.0 Å². The summed E-state index contributed by atoms with van der Waals surface area (Å²) in [5.74, 6) is 1.54. The fourth-order valence-corrected chi connectivity index (χ4v) is 3.27. The van der Waals surface area contributed by atoms with Crippen LogP contribution in [0.15, 0.2) is 28.7 Å². The lowest BCUT2D eigenvalue weighted by Gasteiger charge is -2.33. The van der Waals surface area contributed by atoms with Crippen LogP contribution in [0.4, 0.5) is 0 Å².